The van der Waals surface area contributed by atoms with Crippen molar-refractivity contribution >= 4 is 27.8 Å². The number of carboxylic acid groups (broad SMARTS) is 1. The zero-order chi connectivity index (χ0) is 16.4. The number of hydrogen-bond acceptors (Lipinski definition) is 4. The zero-order valence-electron chi connectivity index (χ0n) is 12.2. The van der Waals surface area contributed by atoms with Crippen LogP contribution in [0.1, 0.15) is 29.8 Å². The summed E-state index contributed by atoms with van der Waals surface area (Å²) in [4.78, 5) is 10.7. The summed E-state index contributed by atoms with van der Waals surface area (Å²) in [5.41, 5.74) is -0.682. The Morgan fingerprint density at radius 2 is 2.00 bits per heavy atom. The molecular formula is C13H18FNO4S2. The first-order chi connectivity index (χ1) is 9.50. The summed E-state index contributed by atoms with van der Waals surface area (Å²) >= 11 is 1.50. The van der Waals surface area contributed by atoms with Gasteiger partial charge in [-0.15, -0.1) is 0 Å². The maximum Gasteiger partial charge on any atom is 0.338 e. The van der Waals surface area contributed by atoms with Crippen molar-refractivity contribution < 1.29 is 22.7 Å². The molecule has 0 saturated heterocycles. The van der Waals surface area contributed by atoms with E-state index in [0.717, 1.165) is 12.1 Å². The van der Waals surface area contributed by atoms with Crippen LogP contribution in [0.2, 0.25) is 0 Å². The van der Waals surface area contributed by atoms with Gasteiger partial charge in [0.2, 0.25) is 10.0 Å². The summed E-state index contributed by atoms with van der Waals surface area (Å²) in [7, 11) is -3.89. The van der Waals surface area contributed by atoms with Crippen molar-refractivity contribution in [3.8, 4) is 0 Å². The average molecular weight is 335 g/mol. The van der Waals surface area contributed by atoms with Crippen molar-refractivity contribution in [3.05, 3.63) is 29.1 Å². The predicted octanol–water partition coefficient (Wildman–Crippen LogP) is 2.25. The largest absolute Gasteiger partial charge is 0.478 e. The molecule has 5 nitrogen and oxygen atoms in total. The molecule has 8 heteroatoms. The van der Waals surface area contributed by atoms with Crippen LogP contribution in [0.4, 0.5) is 4.39 Å². The first-order valence-electron chi connectivity index (χ1n) is 6.08. The number of hydrogen-bond donors (Lipinski definition) is 2. The number of aromatic carboxylic acids is 1. The van der Waals surface area contributed by atoms with Crippen LogP contribution in [-0.4, -0.2) is 37.0 Å². The Morgan fingerprint density at radius 1 is 1.43 bits per heavy atom. The Morgan fingerprint density at radius 3 is 2.48 bits per heavy atom. The van der Waals surface area contributed by atoms with Crippen LogP contribution in [0.25, 0.3) is 0 Å². The zero-order valence-corrected chi connectivity index (χ0v) is 13.9. The number of benzene rings is 1. The molecule has 1 aromatic rings. The molecule has 2 N–H and O–H groups in total. The Hall–Kier alpha value is -1.12. The van der Waals surface area contributed by atoms with E-state index in [1.807, 2.05) is 20.1 Å². The summed E-state index contributed by atoms with van der Waals surface area (Å²) in [6.45, 7) is 5.25. The molecule has 0 spiro atoms. The lowest BCUT2D eigenvalue weighted by Crippen LogP contribution is -2.36. The van der Waals surface area contributed by atoms with Crippen molar-refractivity contribution in [3.63, 3.8) is 0 Å². The number of thioether (sulfide) groups is 1. The molecule has 0 fully saturated rings. The van der Waals surface area contributed by atoms with E-state index in [2.05, 4.69) is 4.72 Å². The number of carbonyl (C=O) groups is 1. The fraction of sp³-hybridized carbons (Fsp3) is 0.462. The van der Waals surface area contributed by atoms with Crippen molar-refractivity contribution in [2.75, 3.05) is 12.8 Å². The van der Waals surface area contributed by atoms with Crippen LogP contribution < -0.4 is 4.72 Å². The SMILES string of the molecule is CSC(C)(C)CNS(=O)(=O)c1cc(C)c(F)c(C(=O)O)c1. The van der Waals surface area contributed by atoms with Gasteiger partial charge in [0.1, 0.15) is 5.82 Å². The monoisotopic (exact) mass is 335 g/mol. The molecule has 0 unspecified atom stereocenters. The van der Waals surface area contributed by atoms with Crippen molar-refractivity contribution in [1.82, 2.24) is 4.72 Å². The van der Waals surface area contributed by atoms with E-state index in [9.17, 15) is 17.6 Å². The maximum absolute atomic E-state index is 13.7. The number of rotatable bonds is 6. The Bertz CT molecular complexity index is 656. The van der Waals surface area contributed by atoms with Gasteiger partial charge < -0.3 is 5.11 Å². The highest BCUT2D eigenvalue weighted by Crippen LogP contribution is 2.22. The average Bonchev–Trinajstić information content (AvgIpc) is 2.39. The molecule has 0 aliphatic rings. The molecule has 0 radical (unpaired) electrons. The number of sulfonamides is 1. The van der Waals surface area contributed by atoms with Gasteiger partial charge in [0, 0.05) is 11.3 Å². The fourth-order valence-electron chi connectivity index (χ4n) is 1.47. The summed E-state index contributed by atoms with van der Waals surface area (Å²) in [5, 5.41) is 8.92. The topological polar surface area (TPSA) is 83.5 Å². The highest BCUT2D eigenvalue weighted by molar-refractivity contribution is 8.00. The first-order valence-corrected chi connectivity index (χ1v) is 8.79. The van der Waals surface area contributed by atoms with Crippen LogP contribution in [-0.2, 0) is 10.0 Å². The third kappa shape index (κ3) is 4.42. The lowest BCUT2D eigenvalue weighted by atomic mass is 10.1. The molecule has 0 aliphatic carbocycles. The van der Waals surface area contributed by atoms with E-state index < -0.39 is 27.4 Å². The second-order valence-electron chi connectivity index (χ2n) is 5.20. The van der Waals surface area contributed by atoms with Gasteiger partial charge in [0.05, 0.1) is 10.5 Å². The predicted molar refractivity (Wildman–Crippen MR) is 80.9 cm³/mol. The smallest absolute Gasteiger partial charge is 0.338 e. The van der Waals surface area contributed by atoms with E-state index >= 15 is 0 Å². The minimum absolute atomic E-state index is 0.0283. The van der Waals surface area contributed by atoms with E-state index in [-0.39, 0.29) is 21.8 Å². The Kier molecular flexibility index (Phi) is 5.40. The molecule has 21 heavy (non-hydrogen) atoms. The molecular weight excluding hydrogens is 317 g/mol. The first kappa shape index (κ1) is 17.9. The lowest BCUT2D eigenvalue weighted by molar-refractivity contribution is 0.0691. The molecule has 0 atom stereocenters. The summed E-state index contributed by atoms with van der Waals surface area (Å²) < 4.78 is 40.2. The molecule has 0 saturated carbocycles. The molecule has 0 heterocycles. The van der Waals surface area contributed by atoms with Crippen molar-refractivity contribution in [1.29, 1.82) is 0 Å². The van der Waals surface area contributed by atoms with Crippen molar-refractivity contribution in [2.45, 2.75) is 30.4 Å². The van der Waals surface area contributed by atoms with Gasteiger partial charge in [-0.05, 0) is 44.7 Å². The molecule has 1 rings (SSSR count). The highest BCUT2D eigenvalue weighted by atomic mass is 32.2. The Labute approximate surface area is 128 Å². The van der Waals surface area contributed by atoms with Gasteiger partial charge in [-0.3, -0.25) is 0 Å². The number of halogens is 1. The van der Waals surface area contributed by atoms with Crippen LogP contribution in [0, 0.1) is 12.7 Å². The third-order valence-electron chi connectivity index (χ3n) is 3.01. The lowest BCUT2D eigenvalue weighted by Gasteiger charge is -2.22. The van der Waals surface area contributed by atoms with Crippen LogP contribution >= 0.6 is 11.8 Å². The molecule has 0 aliphatic heterocycles. The van der Waals surface area contributed by atoms with Crippen LogP contribution in [0.15, 0.2) is 17.0 Å². The molecule has 1 aromatic carbocycles. The van der Waals surface area contributed by atoms with Gasteiger partial charge in [-0.25, -0.2) is 22.3 Å². The summed E-state index contributed by atoms with van der Waals surface area (Å²) in [6, 6.07) is 1.95. The second kappa shape index (κ2) is 6.33. The standard InChI is InChI=1S/C13H18FNO4S2/c1-8-5-9(6-10(11(8)14)12(16)17)21(18,19)15-7-13(2,3)20-4/h5-6,15H,7H2,1-4H3,(H,16,17). The number of nitrogens with one attached hydrogen (secondary N) is 1. The van der Waals surface area contributed by atoms with Crippen molar-refractivity contribution in [2.24, 2.45) is 0 Å². The quantitative estimate of drug-likeness (QED) is 0.833. The van der Waals surface area contributed by atoms with Crippen LogP contribution in [0.5, 0.6) is 0 Å². The van der Waals surface area contributed by atoms with Gasteiger partial charge >= 0.3 is 5.97 Å². The third-order valence-corrected chi connectivity index (χ3v) is 5.64. The van der Waals surface area contributed by atoms with E-state index in [4.69, 9.17) is 5.11 Å². The number of aryl methyl sites for hydroxylation is 1. The van der Waals surface area contributed by atoms with E-state index in [0.29, 0.717) is 0 Å². The summed E-state index contributed by atoms with van der Waals surface area (Å²) in [5.74, 6) is -2.43. The molecule has 0 aromatic heterocycles. The van der Waals surface area contributed by atoms with Gasteiger partial charge in [-0.2, -0.15) is 11.8 Å². The van der Waals surface area contributed by atoms with E-state index in [1.54, 1.807) is 0 Å². The maximum atomic E-state index is 13.7. The molecule has 0 amide bonds. The fourth-order valence-corrected chi connectivity index (χ4v) is 3.10. The molecule has 0 bridgehead atoms. The minimum Gasteiger partial charge on any atom is -0.478 e. The molecule has 118 valence electrons. The highest BCUT2D eigenvalue weighted by Gasteiger charge is 2.24. The van der Waals surface area contributed by atoms with Gasteiger partial charge in [0.25, 0.3) is 0 Å². The minimum atomic E-state index is -3.89. The number of carboxylic acids is 1. The normalized spacial score (nSPS) is 12.4. The van der Waals surface area contributed by atoms with E-state index in [1.165, 1.54) is 18.7 Å². The Balaban J connectivity index is 3.18. The van der Waals surface area contributed by atoms with Crippen LogP contribution in [0.3, 0.4) is 0 Å². The van der Waals surface area contributed by atoms with Gasteiger partial charge in [0.15, 0.2) is 0 Å². The second-order valence-corrected chi connectivity index (χ2v) is 8.48. The summed E-state index contributed by atoms with van der Waals surface area (Å²) in [6.07, 6.45) is 1.86. The van der Waals surface area contributed by atoms with Gasteiger partial charge in [-0.1, -0.05) is 0 Å².